The van der Waals surface area contributed by atoms with Crippen molar-refractivity contribution in [2.45, 2.75) is 26.2 Å². The second-order valence-corrected chi connectivity index (χ2v) is 4.93. The van der Waals surface area contributed by atoms with Crippen molar-refractivity contribution in [3.05, 3.63) is 53.6 Å². The molecule has 0 atom stereocenters. The minimum atomic E-state index is -0.933. The van der Waals surface area contributed by atoms with E-state index in [0.29, 0.717) is 0 Å². The molecule has 1 aromatic carbocycles. The van der Waals surface area contributed by atoms with E-state index in [9.17, 15) is 4.79 Å². The summed E-state index contributed by atoms with van der Waals surface area (Å²) in [5.74, 6) is -0.933. The number of benzene rings is 1. The Balaban J connectivity index is 2.72. The number of allylic oxidation sites excluding steroid dienone is 2. The lowest BCUT2D eigenvalue weighted by Crippen LogP contribution is -2.10. The summed E-state index contributed by atoms with van der Waals surface area (Å²) >= 11 is 0. The molecular weight excluding hydrogens is 212 g/mol. The van der Waals surface area contributed by atoms with E-state index in [1.165, 1.54) is 11.6 Å². The SMILES string of the molecule is CC(C)(C)c1ccc(C=CC=CC(=O)O)cc1. The van der Waals surface area contributed by atoms with Gasteiger partial charge < -0.3 is 5.11 Å². The maximum Gasteiger partial charge on any atom is 0.328 e. The predicted octanol–water partition coefficient (Wildman–Crippen LogP) is 3.64. The van der Waals surface area contributed by atoms with Gasteiger partial charge in [-0.2, -0.15) is 0 Å². The largest absolute Gasteiger partial charge is 0.478 e. The molecule has 2 heteroatoms. The molecule has 0 spiro atoms. The van der Waals surface area contributed by atoms with E-state index in [1.54, 1.807) is 6.08 Å². The molecule has 0 heterocycles. The number of carbonyl (C=O) groups is 1. The van der Waals surface area contributed by atoms with Crippen LogP contribution in [0.25, 0.3) is 6.08 Å². The average Bonchev–Trinajstić information content (AvgIpc) is 2.23. The molecule has 0 amide bonds. The summed E-state index contributed by atoms with van der Waals surface area (Å²) in [6.07, 6.45) is 6.23. The van der Waals surface area contributed by atoms with Crippen molar-refractivity contribution in [1.29, 1.82) is 0 Å². The zero-order chi connectivity index (χ0) is 12.9. The number of rotatable bonds is 3. The quantitative estimate of drug-likeness (QED) is 0.636. The van der Waals surface area contributed by atoms with Gasteiger partial charge in [-0.25, -0.2) is 4.79 Å². The monoisotopic (exact) mass is 230 g/mol. The van der Waals surface area contributed by atoms with E-state index < -0.39 is 5.97 Å². The fourth-order valence-electron chi connectivity index (χ4n) is 1.40. The van der Waals surface area contributed by atoms with Gasteiger partial charge in [0.2, 0.25) is 0 Å². The summed E-state index contributed by atoms with van der Waals surface area (Å²) in [4.78, 5) is 10.2. The van der Waals surface area contributed by atoms with Gasteiger partial charge >= 0.3 is 5.97 Å². The van der Waals surface area contributed by atoms with Crippen LogP contribution >= 0.6 is 0 Å². The Bertz CT molecular complexity index is 431. The Kier molecular flexibility index (Phi) is 4.27. The molecule has 0 fully saturated rings. The summed E-state index contributed by atoms with van der Waals surface area (Å²) in [5, 5.41) is 8.42. The maximum atomic E-state index is 10.2. The number of carboxylic acids is 1. The number of hydrogen-bond acceptors (Lipinski definition) is 1. The minimum Gasteiger partial charge on any atom is -0.478 e. The molecular formula is C15H18O2. The van der Waals surface area contributed by atoms with Gasteiger partial charge in [0, 0.05) is 6.08 Å². The second-order valence-electron chi connectivity index (χ2n) is 4.93. The van der Waals surface area contributed by atoms with Gasteiger partial charge in [0.05, 0.1) is 0 Å². The lowest BCUT2D eigenvalue weighted by Gasteiger charge is -2.18. The Hall–Kier alpha value is -1.83. The Labute approximate surface area is 102 Å². The fraction of sp³-hybridized carbons (Fsp3) is 0.267. The van der Waals surface area contributed by atoms with Crippen molar-refractivity contribution in [3.63, 3.8) is 0 Å². The van der Waals surface area contributed by atoms with Crippen molar-refractivity contribution < 1.29 is 9.90 Å². The van der Waals surface area contributed by atoms with E-state index in [0.717, 1.165) is 11.6 Å². The van der Waals surface area contributed by atoms with Gasteiger partial charge in [0.1, 0.15) is 0 Å². The Morgan fingerprint density at radius 2 is 1.71 bits per heavy atom. The first kappa shape index (κ1) is 13.2. The third-order valence-electron chi connectivity index (χ3n) is 2.42. The van der Waals surface area contributed by atoms with Crippen LogP contribution in [0.2, 0.25) is 0 Å². The number of carboxylic acid groups (broad SMARTS) is 1. The van der Waals surface area contributed by atoms with Crippen molar-refractivity contribution >= 4 is 12.0 Å². The minimum absolute atomic E-state index is 0.158. The molecule has 0 aliphatic rings. The molecule has 1 aromatic rings. The van der Waals surface area contributed by atoms with Crippen molar-refractivity contribution in [2.75, 3.05) is 0 Å². The summed E-state index contributed by atoms with van der Waals surface area (Å²) in [5.41, 5.74) is 2.51. The summed E-state index contributed by atoms with van der Waals surface area (Å²) in [6.45, 7) is 6.52. The normalized spacial score (nSPS) is 12.4. The molecule has 0 radical (unpaired) electrons. The van der Waals surface area contributed by atoms with E-state index in [2.05, 4.69) is 32.9 Å². The smallest absolute Gasteiger partial charge is 0.328 e. The lowest BCUT2D eigenvalue weighted by molar-refractivity contribution is -0.131. The van der Waals surface area contributed by atoms with E-state index >= 15 is 0 Å². The van der Waals surface area contributed by atoms with Crippen LogP contribution < -0.4 is 0 Å². The molecule has 0 aliphatic heterocycles. The molecule has 17 heavy (non-hydrogen) atoms. The predicted molar refractivity (Wildman–Crippen MR) is 71.0 cm³/mol. The molecule has 1 N–H and O–H groups in total. The molecule has 2 nitrogen and oxygen atoms in total. The zero-order valence-corrected chi connectivity index (χ0v) is 10.5. The highest BCUT2D eigenvalue weighted by Gasteiger charge is 2.12. The standard InChI is InChI=1S/C15H18O2/c1-15(2,3)13-10-8-12(9-11-13)6-4-5-7-14(16)17/h4-11H,1-3H3,(H,16,17). The third-order valence-corrected chi connectivity index (χ3v) is 2.42. The molecule has 0 bridgehead atoms. The maximum absolute atomic E-state index is 10.2. The van der Waals surface area contributed by atoms with Gasteiger partial charge in [0.25, 0.3) is 0 Å². The van der Waals surface area contributed by atoms with Crippen LogP contribution in [-0.2, 0) is 10.2 Å². The molecule has 0 aliphatic carbocycles. The molecule has 0 aromatic heterocycles. The van der Waals surface area contributed by atoms with Gasteiger partial charge in [-0.3, -0.25) is 0 Å². The van der Waals surface area contributed by atoms with Gasteiger partial charge in [-0.05, 0) is 16.5 Å². The van der Waals surface area contributed by atoms with Crippen molar-refractivity contribution in [1.82, 2.24) is 0 Å². The third kappa shape index (κ3) is 4.68. The molecule has 1 rings (SSSR count). The van der Waals surface area contributed by atoms with Gasteiger partial charge in [-0.15, -0.1) is 0 Å². The highest BCUT2D eigenvalue weighted by Crippen LogP contribution is 2.22. The second kappa shape index (κ2) is 5.48. The Morgan fingerprint density at radius 3 is 2.18 bits per heavy atom. The summed E-state index contributed by atoms with van der Waals surface area (Å²) in [6, 6.07) is 8.26. The number of aliphatic carboxylic acids is 1. The molecule has 90 valence electrons. The van der Waals surface area contributed by atoms with E-state index in [1.807, 2.05) is 18.2 Å². The molecule has 0 saturated carbocycles. The van der Waals surface area contributed by atoms with Crippen molar-refractivity contribution in [2.24, 2.45) is 0 Å². The van der Waals surface area contributed by atoms with Crippen LogP contribution in [0, 0.1) is 0 Å². The first-order valence-electron chi connectivity index (χ1n) is 5.58. The fourth-order valence-corrected chi connectivity index (χ4v) is 1.40. The highest BCUT2D eigenvalue weighted by atomic mass is 16.4. The highest BCUT2D eigenvalue weighted by molar-refractivity contribution is 5.80. The van der Waals surface area contributed by atoms with E-state index in [4.69, 9.17) is 5.11 Å². The van der Waals surface area contributed by atoms with E-state index in [-0.39, 0.29) is 5.41 Å². The first-order valence-corrected chi connectivity index (χ1v) is 5.58. The van der Waals surface area contributed by atoms with Crippen molar-refractivity contribution in [3.8, 4) is 0 Å². The van der Waals surface area contributed by atoms with Gasteiger partial charge in [-0.1, -0.05) is 63.3 Å². The first-order chi connectivity index (χ1) is 7.89. The summed E-state index contributed by atoms with van der Waals surface area (Å²) < 4.78 is 0. The van der Waals surface area contributed by atoms with Crippen LogP contribution in [0.15, 0.2) is 42.5 Å². The average molecular weight is 230 g/mol. The zero-order valence-electron chi connectivity index (χ0n) is 10.5. The summed E-state index contributed by atoms with van der Waals surface area (Å²) in [7, 11) is 0. The van der Waals surface area contributed by atoms with Gasteiger partial charge in [0.15, 0.2) is 0 Å². The Morgan fingerprint density at radius 1 is 1.12 bits per heavy atom. The lowest BCUT2D eigenvalue weighted by atomic mass is 9.87. The van der Waals surface area contributed by atoms with Crippen LogP contribution in [0.4, 0.5) is 0 Å². The molecule has 0 unspecified atom stereocenters. The topological polar surface area (TPSA) is 37.3 Å². The van der Waals surface area contributed by atoms with Crippen LogP contribution in [0.5, 0.6) is 0 Å². The molecule has 0 saturated heterocycles. The van der Waals surface area contributed by atoms with Crippen LogP contribution in [0.1, 0.15) is 31.9 Å². The van der Waals surface area contributed by atoms with Crippen LogP contribution in [-0.4, -0.2) is 11.1 Å². The van der Waals surface area contributed by atoms with Crippen LogP contribution in [0.3, 0.4) is 0 Å². The number of hydrogen-bond donors (Lipinski definition) is 1.